The Hall–Kier alpha value is -2.10. The second-order valence-corrected chi connectivity index (χ2v) is 3.79. The molecule has 0 aromatic heterocycles. The lowest BCUT2D eigenvalue weighted by Crippen LogP contribution is -1.92. The maximum absolute atomic E-state index is 11.4. The minimum atomic E-state index is -0.0242. The maximum Gasteiger partial charge on any atom is 0.161 e. The van der Waals surface area contributed by atoms with E-state index in [1.165, 1.54) is 19.3 Å². The van der Waals surface area contributed by atoms with Crippen LogP contribution in [0.2, 0.25) is 0 Å². The Balaban J connectivity index is 2.61. The molecule has 0 radical (unpaired) electrons. The average molecular weight is 248 g/mol. The molecule has 0 heterocycles. The molecule has 0 unspecified atom stereocenters. The molecule has 4 heteroatoms. The van der Waals surface area contributed by atoms with Gasteiger partial charge in [0.05, 0.1) is 7.11 Å². The van der Waals surface area contributed by atoms with Crippen molar-refractivity contribution in [2.45, 2.75) is 19.3 Å². The maximum atomic E-state index is 11.4. The Labute approximate surface area is 106 Å². The fraction of sp³-hybridized carbons (Fsp3) is 0.286. The van der Waals surface area contributed by atoms with Crippen LogP contribution < -0.4 is 4.74 Å². The summed E-state index contributed by atoms with van der Waals surface area (Å²) in [5.41, 5.74) is 0.772. The number of carbonyl (C=O) groups is 2. The number of methoxy groups -OCH3 is 1. The highest BCUT2D eigenvalue weighted by Gasteiger charge is 2.01. The summed E-state index contributed by atoms with van der Waals surface area (Å²) in [7, 11) is 1.47. The number of aromatic hydroxyl groups is 1. The van der Waals surface area contributed by atoms with Crippen LogP contribution in [0, 0.1) is 0 Å². The van der Waals surface area contributed by atoms with Crippen LogP contribution in [0.3, 0.4) is 0 Å². The van der Waals surface area contributed by atoms with Gasteiger partial charge in [-0.15, -0.1) is 0 Å². The quantitative estimate of drug-likeness (QED) is 0.457. The molecule has 0 aliphatic heterocycles. The van der Waals surface area contributed by atoms with Crippen LogP contribution in [-0.4, -0.2) is 24.3 Å². The van der Waals surface area contributed by atoms with Crippen molar-refractivity contribution < 1.29 is 19.4 Å². The third-order valence-corrected chi connectivity index (χ3v) is 2.41. The van der Waals surface area contributed by atoms with Crippen LogP contribution in [0.5, 0.6) is 11.5 Å². The van der Waals surface area contributed by atoms with E-state index in [1.54, 1.807) is 18.2 Å². The predicted octanol–water partition coefficient (Wildman–Crippen LogP) is 2.35. The summed E-state index contributed by atoms with van der Waals surface area (Å²) in [6, 6.07) is 4.84. The molecule has 4 nitrogen and oxygen atoms in total. The van der Waals surface area contributed by atoms with Crippen molar-refractivity contribution in [1.29, 1.82) is 0 Å². The molecule has 18 heavy (non-hydrogen) atoms. The zero-order valence-electron chi connectivity index (χ0n) is 10.3. The average Bonchev–Trinajstić information content (AvgIpc) is 2.38. The smallest absolute Gasteiger partial charge is 0.161 e. The normalized spacial score (nSPS) is 10.5. The van der Waals surface area contributed by atoms with E-state index >= 15 is 0 Å². The van der Waals surface area contributed by atoms with Crippen molar-refractivity contribution in [3.8, 4) is 11.5 Å². The van der Waals surface area contributed by atoms with Crippen LogP contribution in [0.15, 0.2) is 24.3 Å². The first-order valence-electron chi connectivity index (χ1n) is 5.69. The third kappa shape index (κ3) is 4.41. The van der Waals surface area contributed by atoms with E-state index in [-0.39, 0.29) is 11.5 Å². The number of benzene rings is 1. The van der Waals surface area contributed by atoms with Gasteiger partial charge in [0.15, 0.2) is 17.3 Å². The Morgan fingerprint density at radius 2 is 2.22 bits per heavy atom. The van der Waals surface area contributed by atoms with Gasteiger partial charge in [0.1, 0.15) is 6.29 Å². The van der Waals surface area contributed by atoms with E-state index in [4.69, 9.17) is 4.74 Å². The number of aldehydes is 1. The monoisotopic (exact) mass is 248 g/mol. The number of phenols is 1. The fourth-order valence-corrected chi connectivity index (χ4v) is 1.43. The molecule has 0 saturated heterocycles. The van der Waals surface area contributed by atoms with E-state index in [2.05, 4.69) is 0 Å². The summed E-state index contributed by atoms with van der Waals surface area (Å²) in [5, 5.41) is 9.41. The van der Waals surface area contributed by atoms with Gasteiger partial charge in [-0.1, -0.05) is 12.1 Å². The van der Waals surface area contributed by atoms with Crippen molar-refractivity contribution in [2.75, 3.05) is 7.11 Å². The molecule has 0 atom stereocenters. The largest absolute Gasteiger partial charge is 0.504 e. The van der Waals surface area contributed by atoms with Gasteiger partial charge < -0.3 is 14.6 Å². The first kappa shape index (κ1) is 14.0. The number of hydrogen-bond donors (Lipinski definition) is 1. The van der Waals surface area contributed by atoms with E-state index in [0.717, 1.165) is 11.8 Å². The zero-order chi connectivity index (χ0) is 13.4. The number of ketones is 1. The number of ether oxygens (including phenoxy) is 1. The summed E-state index contributed by atoms with van der Waals surface area (Å²) in [5.74, 6) is 0.404. The van der Waals surface area contributed by atoms with Gasteiger partial charge in [-0.25, -0.2) is 0 Å². The van der Waals surface area contributed by atoms with Crippen molar-refractivity contribution >= 4 is 18.1 Å². The van der Waals surface area contributed by atoms with E-state index < -0.39 is 0 Å². The number of allylic oxidation sites excluding steroid dienone is 1. The van der Waals surface area contributed by atoms with Crippen LogP contribution >= 0.6 is 0 Å². The SMILES string of the molecule is COc1cc(C=CC(=O)CCCC=O)ccc1O. The first-order valence-corrected chi connectivity index (χ1v) is 5.69. The highest BCUT2D eigenvalue weighted by atomic mass is 16.5. The molecule has 0 aliphatic rings. The van der Waals surface area contributed by atoms with E-state index in [9.17, 15) is 14.7 Å². The molecule has 0 aliphatic carbocycles. The lowest BCUT2D eigenvalue weighted by molar-refractivity contribution is -0.114. The highest BCUT2D eigenvalue weighted by molar-refractivity contribution is 5.93. The van der Waals surface area contributed by atoms with Crippen molar-refractivity contribution in [2.24, 2.45) is 0 Å². The molecule has 96 valence electrons. The summed E-state index contributed by atoms with van der Waals surface area (Å²) in [4.78, 5) is 21.5. The molecule has 1 aromatic rings. The minimum absolute atomic E-state index is 0.0242. The lowest BCUT2D eigenvalue weighted by atomic mass is 10.1. The molecule has 0 amide bonds. The van der Waals surface area contributed by atoms with Gasteiger partial charge >= 0.3 is 0 Å². The molecule has 0 spiro atoms. The first-order chi connectivity index (χ1) is 8.67. The number of phenolic OH excluding ortho intramolecular Hbond substituents is 1. The van der Waals surface area contributed by atoms with Gasteiger partial charge in [-0.2, -0.15) is 0 Å². The van der Waals surface area contributed by atoms with Gasteiger partial charge in [-0.05, 0) is 30.2 Å². The summed E-state index contributed by atoms with van der Waals surface area (Å²) in [6.45, 7) is 0. The van der Waals surface area contributed by atoms with Gasteiger partial charge in [0.2, 0.25) is 0 Å². The third-order valence-electron chi connectivity index (χ3n) is 2.41. The lowest BCUT2D eigenvalue weighted by Gasteiger charge is -2.03. The van der Waals surface area contributed by atoms with Gasteiger partial charge in [-0.3, -0.25) is 4.79 Å². The van der Waals surface area contributed by atoms with E-state index in [0.29, 0.717) is 25.0 Å². The number of carbonyl (C=O) groups excluding carboxylic acids is 2. The van der Waals surface area contributed by atoms with Crippen LogP contribution in [0.1, 0.15) is 24.8 Å². The van der Waals surface area contributed by atoms with Gasteiger partial charge in [0.25, 0.3) is 0 Å². The molecule has 0 saturated carbocycles. The van der Waals surface area contributed by atoms with Crippen LogP contribution in [0.25, 0.3) is 6.08 Å². The van der Waals surface area contributed by atoms with Crippen molar-refractivity contribution in [1.82, 2.24) is 0 Å². The second-order valence-electron chi connectivity index (χ2n) is 3.79. The Bertz CT molecular complexity index is 449. The summed E-state index contributed by atoms with van der Waals surface area (Å²) >= 11 is 0. The predicted molar refractivity (Wildman–Crippen MR) is 68.6 cm³/mol. The molecule has 1 aromatic carbocycles. The van der Waals surface area contributed by atoms with Crippen LogP contribution in [0.4, 0.5) is 0 Å². The number of rotatable bonds is 7. The number of hydrogen-bond acceptors (Lipinski definition) is 4. The molecule has 1 N–H and O–H groups in total. The molecule has 0 bridgehead atoms. The standard InChI is InChI=1S/C14H16O4/c1-18-14-10-11(6-8-13(14)17)5-7-12(16)4-2-3-9-15/h5-10,17H,2-4H2,1H3. The van der Waals surface area contributed by atoms with Crippen LogP contribution in [-0.2, 0) is 9.59 Å². The van der Waals surface area contributed by atoms with Crippen molar-refractivity contribution in [3.63, 3.8) is 0 Å². The fourth-order valence-electron chi connectivity index (χ4n) is 1.43. The van der Waals surface area contributed by atoms with Gasteiger partial charge in [0, 0.05) is 12.8 Å². The second kappa shape index (κ2) is 7.27. The molecular formula is C14H16O4. The highest BCUT2D eigenvalue weighted by Crippen LogP contribution is 2.26. The summed E-state index contributed by atoms with van der Waals surface area (Å²) < 4.78 is 4.96. The minimum Gasteiger partial charge on any atom is -0.504 e. The molecule has 1 rings (SSSR count). The Kier molecular flexibility index (Phi) is 5.64. The Morgan fingerprint density at radius 1 is 1.44 bits per heavy atom. The molecule has 0 fully saturated rings. The zero-order valence-corrected chi connectivity index (χ0v) is 10.3. The molecular weight excluding hydrogens is 232 g/mol. The van der Waals surface area contributed by atoms with E-state index in [1.807, 2.05) is 0 Å². The van der Waals surface area contributed by atoms with Crippen molar-refractivity contribution in [3.05, 3.63) is 29.8 Å². The number of unbranched alkanes of at least 4 members (excludes halogenated alkanes) is 1. The summed E-state index contributed by atoms with van der Waals surface area (Å²) in [6.07, 6.45) is 5.28. The Morgan fingerprint density at radius 3 is 2.89 bits per heavy atom. The topological polar surface area (TPSA) is 63.6 Å².